The molecular weight excluding hydrogens is 126 g/mol. The van der Waals surface area contributed by atoms with Crippen molar-refractivity contribution in [2.24, 2.45) is 0 Å². The van der Waals surface area contributed by atoms with E-state index < -0.39 is 0 Å². The lowest BCUT2D eigenvalue weighted by Gasteiger charge is -2.00. The summed E-state index contributed by atoms with van der Waals surface area (Å²) in [6.07, 6.45) is 2.63. The van der Waals surface area contributed by atoms with Gasteiger partial charge in [-0.05, 0) is 18.1 Å². The Morgan fingerprint density at radius 1 is 1.60 bits per heavy atom. The van der Waals surface area contributed by atoms with Crippen molar-refractivity contribution in [3.8, 4) is 0 Å². The molecule has 0 aliphatic carbocycles. The minimum atomic E-state index is 0.0456. The third kappa shape index (κ3) is 1.33. The molecule has 0 aromatic carbocycles. The Hall–Kier alpha value is -0.890. The highest BCUT2D eigenvalue weighted by Crippen LogP contribution is 2.04. The van der Waals surface area contributed by atoms with Crippen LogP contribution in [0.1, 0.15) is 18.2 Å². The van der Waals surface area contributed by atoms with E-state index in [-0.39, 0.29) is 6.61 Å². The van der Waals surface area contributed by atoms with Gasteiger partial charge in [-0.15, -0.1) is 0 Å². The molecule has 54 valence electrons. The largest absolute Gasteiger partial charge is 0.390 e. The first-order chi connectivity index (χ1) is 4.88. The predicted octanol–water partition coefficient (Wildman–Crippen LogP) is 1.14. The number of rotatable bonds is 2. The first-order valence-corrected chi connectivity index (χ1v) is 3.42. The van der Waals surface area contributed by atoms with Gasteiger partial charge >= 0.3 is 0 Å². The van der Waals surface area contributed by atoms with Crippen molar-refractivity contribution in [2.75, 3.05) is 0 Å². The normalized spacial score (nSPS) is 9.80. The first-order valence-electron chi connectivity index (χ1n) is 3.42. The number of nitrogens with zero attached hydrogens (tertiary/aromatic N) is 1. The summed E-state index contributed by atoms with van der Waals surface area (Å²) >= 11 is 0. The zero-order valence-corrected chi connectivity index (χ0v) is 6.04. The monoisotopic (exact) mass is 137 g/mol. The van der Waals surface area contributed by atoms with E-state index in [2.05, 4.69) is 11.9 Å². The highest BCUT2D eigenvalue weighted by molar-refractivity contribution is 5.18. The molecule has 1 N–H and O–H groups in total. The summed E-state index contributed by atoms with van der Waals surface area (Å²) in [4.78, 5) is 4.02. The first kappa shape index (κ1) is 7.22. The van der Waals surface area contributed by atoms with Crippen LogP contribution in [0.5, 0.6) is 0 Å². The molecule has 1 heterocycles. The van der Waals surface area contributed by atoms with Gasteiger partial charge in [0.2, 0.25) is 0 Å². The number of hydrogen-bond donors (Lipinski definition) is 1. The van der Waals surface area contributed by atoms with Crippen LogP contribution in [0.15, 0.2) is 18.3 Å². The lowest BCUT2D eigenvalue weighted by molar-refractivity contribution is 0.275. The van der Waals surface area contributed by atoms with Crippen LogP contribution < -0.4 is 0 Å². The Bertz CT molecular complexity index is 187. The lowest BCUT2D eigenvalue weighted by Crippen LogP contribution is -1.94. The molecule has 2 nitrogen and oxygen atoms in total. The molecule has 0 unspecified atom stereocenters. The van der Waals surface area contributed by atoms with Gasteiger partial charge in [0.05, 0.1) is 12.3 Å². The summed E-state index contributed by atoms with van der Waals surface area (Å²) in [5.74, 6) is 0. The van der Waals surface area contributed by atoms with E-state index >= 15 is 0 Å². The Morgan fingerprint density at radius 3 is 2.90 bits per heavy atom. The molecule has 0 fully saturated rings. The molecule has 1 aromatic heterocycles. The van der Waals surface area contributed by atoms with Crippen LogP contribution in [0.25, 0.3) is 0 Å². The summed E-state index contributed by atoms with van der Waals surface area (Å²) < 4.78 is 0. The van der Waals surface area contributed by atoms with Crippen LogP contribution in [0.4, 0.5) is 0 Å². The van der Waals surface area contributed by atoms with Gasteiger partial charge in [-0.25, -0.2) is 0 Å². The van der Waals surface area contributed by atoms with Gasteiger partial charge in [0.15, 0.2) is 0 Å². The van der Waals surface area contributed by atoms with Gasteiger partial charge in [-0.2, -0.15) is 0 Å². The van der Waals surface area contributed by atoms with Crippen LogP contribution in [0.3, 0.4) is 0 Å². The van der Waals surface area contributed by atoms with Crippen molar-refractivity contribution in [3.05, 3.63) is 29.6 Å². The molecule has 0 radical (unpaired) electrons. The number of pyridine rings is 1. The molecule has 1 rings (SSSR count). The lowest BCUT2D eigenvalue weighted by atomic mass is 10.1. The van der Waals surface area contributed by atoms with Gasteiger partial charge in [-0.3, -0.25) is 4.98 Å². The zero-order chi connectivity index (χ0) is 7.40. The predicted molar refractivity (Wildman–Crippen MR) is 39.5 cm³/mol. The molecule has 10 heavy (non-hydrogen) atoms. The molecular formula is C8H11NO. The van der Waals surface area contributed by atoms with E-state index in [1.807, 2.05) is 12.1 Å². The average molecular weight is 137 g/mol. The van der Waals surface area contributed by atoms with Gasteiger partial charge in [0.1, 0.15) is 0 Å². The standard InChI is InChI=1S/C8H11NO/c1-2-7-4-3-5-9-8(7)6-10/h3-5,10H,2,6H2,1H3. The number of aryl methyl sites for hydroxylation is 1. The van der Waals surface area contributed by atoms with Crippen LogP contribution >= 0.6 is 0 Å². The topological polar surface area (TPSA) is 33.1 Å². The van der Waals surface area contributed by atoms with Gasteiger partial charge in [-0.1, -0.05) is 13.0 Å². The maximum atomic E-state index is 8.79. The van der Waals surface area contributed by atoms with E-state index in [9.17, 15) is 0 Å². The maximum Gasteiger partial charge on any atom is 0.0855 e. The maximum absolute atomic E-state index is 8.79. The number of hydrogen-bond acceptors (Lipinski definition) is 2. The number of aromatic nitrogens is 1. The van der Waals surface area contributed by atoms with Crippen molar-refractivity contribution < 1.29 is 5.11 Å². The molecule has 0 aliphatic rings. The molecule has 1 aromatic rings. The highest BCUT2D eigenvalue weighted by Gasteiger charge is 1.96. The van der Waals surface area contributed by atoms with E-state index in [4.69, 9.17) is 5.11 Å². The summed E-state index contributed by atoms with van der Waals surface area (Å²) in [7, 11) is 0. The number of aliphatic hydroxyl groups excluding tert-OH is 1. The van der Waals surface area contributed by atoms with E-state index in [1.54, 1.807) is 6.20 Å². The van der Waals surface area contributed by atoms with Gasteiger partial charge < -0.3 is 5.11 Å². The second kappa shape index (κ2) is 3.32. The van der Waals surface area contributed by atoms with Gasteiger partial charge in [0.25, 0.3) is 0 Å². The smallest absolute Gasteiger partial charge is 0.0855 e. The summed E-state index contributed by atoms with van der Waals surface area (Å²) in [5.41, 5.74) is 1.93. The Labute approximate surface area is 60.5 Å². The number of aliphatic hydroxyl groups is 1. The Balaban J connectivity index is 2.96. The minimum absolute atomic E-state index is 0.0456. The third-order valence-corrected chi connectivity index (χ3v) is 1.52. The third-order valence-electron chi connectivity index (χ3n) is 1.52. The van der Waals surface area contributed by atoms with Crippen molar-refractivity contribution in [1.82, 2.24) is 4.98 Å². The fourth-order valence-electron chi connectivity index (χ4n) is 0.936. The van der Waals surface area contributed by atoms with E-state index in [1.165, 1.54) is 0 Å². The quantitative estimate of drug-likeness (QED) is 0.663. The Kier molecular flexibility index (Phi) is 2.40. The van der Waals surface area contributed by atoms with Crippen molar-refractivity contribution in [1.29, 1.82) is 0 Å². The molecule has 0 atom stereocenters. The zero-order valence-electron chi connectivity index (χ0n) is 6.04. The molecule has 0 amide bonds. The second-order valence-electron chi connectivity index (χ2n) is 2.12. The average Bonchev–Trinajstić information content (AvgIpc) is 2.04. The van der Waals surface area contributed by atoms with Crippen LogP contribution in [0, 0.1) is 0 Å². The summed E-state index contributed by atoms with van der Waals surface area (Å²) in [5, 5.41) is 8.79. The van der Waals surface area contributed by atoms with Crippen LogP contribution in [-0.4, -0.2) is 10.1 Å². The van der Waals surface area contributed by atoms with Crippen molar-refractivity contribution >= 4 is 0 Å². The summed E-state index contributed by atoms with van der Waals surface area (Å²) in [6, 6.07) is 3.87. The molecule has 0 saturated carbocycles. The van der Waals surface area contributed by atoms with E-state index in [0.29, 0.717) is 0 Å². The summed E-state index contributed by atoms with van der Waals surface area (Å²) in [6.45, 7) is 2.10. The Morgan fingerprint density at radius 2 is 2.40 bits per heavy atom. The molecule has 0 bridgehead atoms. The minimum Gasteiger partial charge on any atom is -0.390 e. The van der Waals surface area contributed by atoms with Crippen LogP contribution in [0.2, 0.25) is 0 Å². The van der Waals surface area contributed by atoms with Crippen molar-refractivity contribution in [3.63, 3.8) is 0 Å². The van der Waals surface area contributed by atoms with Crippen LogP contribution in [-0.2, 0) is 13.0 Å². The highest BCUT2D eigenvalue weighted by atomic mass is 16.3. The molecule has 0 saturated heterocycles. The molecule has 2 heteroatoms. The second-order valence-corrected chi connectivity index (χ2v) is 2.12. The molecule has 0 aliphatic heterocycles. The fraction of sp³-hybridized carbons (Fsp3) is 0.375. The van der Waals surface area contributed by atoms with Gasteiger partial charge in [0, 0.05) is 6.20 Å². The SMILES string of the molecule is CCc1cccnc1CO. The fourth-order valence-corrected chi connectivity index (χ4v) is 0.936. The molecule has 0 spiro atoms. The van der Waals surface area contributed by atoms with Crippen molar-refractivity contribution in [2.45, 2.75) is 20.0 Å². The van der Waals surface area contributed by atoms with E-state index in [0.717, 1.165) is 17.7 Å².